The van der Waals surface area contributed by atoms with Crippen molar-refractivity contribution in [2.75, 3.05) is 5.73 Å². The van der Waals surface area contributed by atoms with Crippen molar-refractivity contribution in [2.24, 2.45) is 5.92 Å². The molecule has 1 aromatic rings. The van der Waals surface area contributed by atoms with E-state index in [0.29, 0.717) is 5.92 Å². The Bertz CT molecular complexity index is 302. The minimum Gasteiger partial charge on any atom is -0.398 e. The molecule has 2 N–H and O–H groups in total. The molecule has 0 aromatic heterocycles. The Morgan fingerprint density at radius 3 is 2.64 bits per heavy atom. The Morgan fingerprint density at radius 1 is 1.36 bits per heavy atom. The van der Waals surface area contributed by atoms with Gasteiger partial charge in [-0.3, -0.25) is 0 Å². The molecule has 1 saturated carbocycles. The highest BCUT2D eigenvalue weighted by Crippen LogP contribution is 2.40. The normalized spacial score (nSPS) is 18.1. The van der Waals surface area contributed by atoms with E-state index in [9.17, 15) is 0 Å². The van der Waals surface area contributed by atoms with Crippen LogP contribution in [0.2, 0.25) is 0 Å². The minimum absolute atomic E-state index is 0.684. The van der Waals surface area contributed by atoms with Crippen LogP contribution < -0.4 is 5.73 Å². The summed E-state index contributed by atoms with van der Waals surface area (Å²) in [4.78, 5) is 0. The van der Waals surface area contributed by atoms with Gasteiger partial charge >= 0.3 is 0 Å². The Hall–Kier alpha value is -0.980. The number of anilines is 1. The fourth-order valence-electron chi connectivity index (χ4n) is 2.15. The van der Waals surface area contributed by atoms with Gasteiger partial charge in [0.25, 0.3) is 0 Å². The van der Waals surface area contributed by atoms with E-state index in [1.807, 2.05) is 12.1 Å². The van der Waals surface area contributed by atoms with Gasteiger partial charge in [0, 0.05) is 5.69 Å². The van der Waals surface area contributed by atoms with E-state index in [1.165, 1.54) is 31.2 Å². The lowest BCUT2D eigenvalue weighted by atomic mass is 9.90. The molecular weight excluding hydrogens is 170 g/mol. The maximum atomic E-state index is 5.99. The van der Waals surface area contributed by atoms with Crippen LogP contribution in [0.25, 0.3) is 0 Å². The molecule has 0 amide bonds. The molecular formula is C13H19N. The quantitative estimate of drug-likeness (QED) is 0.720. The lowest BCUT2D eigenvalue weighted by Crippen LogP contribution is -2.02. The van der Waals surface area contributed by atoms with Crippen LogP contribution in [0.5, 0.6) is 0 Å². The van der Waals surface area contributed by atoms with Crippen LogP contribution in [0.4, 0.5) is 5.69 Å². The van der Waals surface area contributed by atoms with Crippen molar-refractivity contribution in [3.63, 3.8) is 0 Å². The van der Waals surface area contributed by atoms with E-state index in [-0.39, 0.29) is 0 Å². The van der Waals surface area contributed by atoms with Crippen LogP contribution in [-0.4, -0.2) is 0 Å². The van der Waals surface area contributed by atoms with Gasteiger partial charge in [-0.05, 0) is 36.3 Å². The van der Waals surface area contributed by atoms with Gasteiger partial charge in [0.15, 0.2) is 0 Å². The van der Waals surface area contributed by atoms with Gasteiger partial charge in [0.1, 0.15) is 0 Å². The fraction of sp³-hybridized carbons (Fsp3) is 0.538. The number of hydrogen-bond acceptors (Lipinski definition) is 1. The Balaban J connectivity index is 2.12. The number of rotatable bonds is 4. The van der Waals surface area contributed by atoms with Gasteiger partial charge < -0.3 is 5.73 Å². The fourth-order valence-corrected chi connectivity index (χ4v) is 2.15. The second-order valence-corrected chi connectivity index (χ2v) is 4.41. The Morgan fingerprint density at radius 2 is 2.07 bits per heavy atom. The largest absolute Gasteiger partial charge is 0.398 e. The molecule has 14 heavy (non-hydrogen) atoms. The zero-order valence-corrected chi connectivity index (χ0v) is 8.87. The Kier molecular flexibility index (Phi) is 2.76. The third kappa shape index (κ3) is 2.09. The third-order valence-corrected chi connectivity index (χ3v) is 3.24. The molecule has 2 rings (SSSR count). The summed E-state index contributed by atoms with van der Waals surface area (Å²) >= 11 is 0. The van der Waals surface area contributed by atoms with Crippen LogP contribution in [-0.2, 0) is 0 Å². The van der Waals surface area contributed by atoms with E-state index in [4.69, 9.17) is 5.73 Å². The van der Waals surface area contributed by atoms with Crippen molar-refractivity contribution in [1.29, 1.82) is 0 Å². The molecule has 0 saturated heterocycles. The van der Waals surface area contributed by atoms with Crippen molar-refractivity contribution in [3.05, 3.63) is 29.8 Å². The lowest BCUT2D eigenvalue weighted by Gasteiger charge is -2.16. The first-order valence-electron chi connectivity index (χ1n) is 5.65. The molecule has 1 unspecified atom stereocenters. The van der Waals surface area contributed by atoms with Crippen LogP contribution in [0.1, 0.15) is 44.1 Å². The van der Waals surface area contributed by atoms with Gasteiger partial charge in [-0.25, -0.2) is 0 Å². The zero-order valence-electron chi connectivity index (χ0n) is 8.87. The molecule has 1 heteroatoms. The lowest BCUT2D eigenvalue weighted by molar-refractivity contribution is 0.563. The second-order valence-electron chi connectivity index (χ2n) is 4.41. The summed E-state index contributed by atoms with van der Waals surface area (Å²) in [6.45, 7) is 2.26. The number of benzene rings is 1. The molecule has 1 aliphatic carbocycles. The van der Waals surface area contributed by atoms with Crippen molar-refractivity contribution in [3.8, 4) is 0 Å². The molecule has 0 radical (unpaired) electrons. The molecule has 0 bridgehead atoms. The smallest absolute Gasteiger partial charge is 0.0349 e. The molecule has 0 heterocycles. The summed E-state index contributed by atoms with van der Waals surface area (Å²) in [7, 11) is 0. The highest BCUT2D eigenvalue weighted by atomic mass is 14.6. The Labute approximate surface area is 86.3 Å². The summed E-state index contributed by atoms with van der Waals surface area (Å²) in [6, 6.07) is 8.32. The van der Waals surface area contributed by atoms with Crippen LogP contribution >= 0.6 is 0 Å². The van der Waals surface area contributed by atoms with Gasteiger partial charge in [0.2, 0.25) is 0 Å². The van der Waals surface area contributed by atoms with Crippen molar-refractivity contribution < 1.29 is 0 Å². The van der Waals surface area contributed by atoms with Gasteiger partial charge in [-0.15, -0.1) is 0 Å². The predicted octanol–water partition coefficient (Wildman–Crippen LogP) is 3.56. The van der Waals surface area contributed by atoms with Gasteiger partial charge in [0.05, 0.1) is 0 Å². The summed E-state index contributed by atoms with van der Waals surface area (Å²) in [5, 5.41) is 0. The summed E-state index contributed by atoms with van der Waals surface area (Å²) in [5.41, 5.74) is 8.33. The van der Waals surface area contributed by atoms with Gasteiger partial charge in [-0.2, -0.15) is 0 Å². The molecule has 0 aliphatic heterocycles. The van der Waals surface area contributed by atoms with Crippen molar-refractivity contribution >= 4 is 5.69 Å². The first-order chi connectivity index (χ1) is 6.81. The first-order valence-corrected chi connectivity index (χ1v) is 5.65. The molecule has 1 atom stereocenters. The maximum Gasteiger partial charge on any atom is 0.0349 e. The molecule has 76 valence electrons. The first kappa shape index (κ1) is 9.57. The second kappa shape index (κ2) is 4.04. The number of nitrogens with two attached hydrogens (primary N) is 1. The van der Waals surface area contributed by atoms with Crippen LogP contribution in [0, 0.1) is 5.92 Å². The highest BCUT2D eigenvalue weighted by molar-refractivity contribution is 5.48. The van der Waals surface area contributed by atoms with E-state index < -0.39 is 0 Å². The summed E-state index contributed by atoms with van der Waals surface area (Å²) < 4.78 is 0. The third-order valence-electron chi connectivity index (χ3n) is 3.24. The topological polar surface area (TPSA) is 26.0 Å². The SMILES string of the molecule is CCC(CC1CC1)c1ccccc1N. The van der Waals surface area contributed by atoms with Crippen LogP contribution in [0.3, 0.4) is 0 Å². The zero-order chi connectivity index (χ0) is 9.97. The van der Waals surface area contributed by atoms with Crippen molar-refractivity contribution in [1.82, 2.24) is 0 Å². The van der Waals surface area contributed by atoms with E-state index in [0.717, 1.165) is 11.6 Å². The summed E-state index contributed by atoms with van der Waals surface area (Å²) in [6.07, 6.45) is 5.42. The highest BCUT2D eigenvalue weighted by Gasteiger charge is 2.25. The predicted molar refractivity (Wildman–Crippen MR) is 61.2 cm³/mol. The number of hydrogen-bond donors (Lipinski definition) is 1. The molecule has 1 nitrogen and oxygen atoms in total. The molecule has 1 aromatic carbocycles. The molecule has 1 aliphatic rings. The van der Waals surface area contributed by atoms with E-state index in [1.54, 1.807) is 0 Å². The summed E-state index contributed by atoms with van der Waals surface area (Å²) in [5.74, 6) is 1.67. The average Bonchev–Trinajstić information content (AvgIpc) is 2.99. The average molecular weight is 189 g/mol. The number of para-hydroxylation sites is 1. The minimum atomic E-state index is 0.684. The van der Waals surface area contributed by atoms with Crippen molar-refractivity contribution in [2.45, 2.75) is 38.5 Å². The molecule has 1 fully saturated rings. The standard InChI is InChI=1S/C13H19N/c1-2-11(9-10-7-8-10)12-5-3-4-6-13(12)14/h3-6,10-11H,2,7-9,14H2,1H3. The molecule has 0 spiro atoms. The van der Waals surface area contributed by atoms with E-state index >= 15 is 0 Å². The number of nitrogen functional groups attached to an aromatic ring is 1. The van der Waals surface area contributed by atoms with Gasteiger partial charge in [-0.1, -0.05) is 38.0 Å². The van der Waals surface area contributed by atoms with Crippen LogP contribution in [0.15, 0.2) is 24.3 Å². The monoisotopic (exact) mass is 189 g/mol. The maximum absolute atomic E-state index is 5.99. The van der Waals surface area contributed by atoms with E-state index in [2.05, 4.69) is 19.1 Å².